The van der Waals surface area contributed by atoms with E-state index in [4.69, 9.17) is 10.5 Å². The number of carbonyl (C=O) groups excluding carboxylic acids is 1. The number of nitrogen functional groups attached to an aromatic ring is 1. The van der Waals surface area contributed by atoms with Crippen LogP contribution in [0.15, 0.2) is 27.8 Å². The monoisotopic (exact) mass is 458 g/mol. The molecule has 33 heavy (non-hydrogen) atoms. The smallest absolute Gasteiger partial charge is 0.330 e. The molecule has 0 aliphatic carbocycles. The standard InChI is InChI=1S/C25H38N4O4/c1-7-8-12-29-23(26)22(24(31)27-25(29)32)28(13-11-16(2)3)21(30)15-33-20-14-19(17(4)5)10-9-18(20)6/h9-10,14,16-17H,7-8,11-13,15,26H2,1-6H3,(H,27,31,32). The lowest BCUT2D eigenvalue weighted by molar-refractivity contribution is -0.120. The van der Waals surface area contributed by atoms with Crippen LogP contribution < -0.4 is 26.6 Å². The minimum atomic E-state index is -0.666. The SMILES string of the molecule is CCCCn1c(N)c(N(CCC(C)C)C(=O)COc2cc(C(C)C)ccc2C)c(=O)[nH]c1=O. The Balaban J connectivity index is 2.39. The van der Waals surface area contributed by atoms with Crippen LogP contribution in [0.3, 0.4) is 0 Å². The van der Waals surface area contributed by atoms with Gasteiger partial charge in [0.1, 0.15) is 11.6 Å². The highest BCUT2D eigenvalue weighted by Crippen LogP contribution is 2.25. The van der Waals surface area contributed by atoms with E-state index in [2.05, 4.69) is 18.8 Å². The van der Waals surface area contributed by atoms with Crippen LogP contribution in [-0.2, 0) is 11.3 Å². The van der Waals surface area contributed by atoms with Crippen LogP contribution >= 0.6 is 0 Å². The third-order valence-corrected chi connectivity index (χ3v) is 5.68. The summed E-state index contributed by atoms with van der Waals surface area (Å²) < 4.78 is 7.21. The molecule has 8 heteroatoms. The minimum Gasteiger partial charge on any atom is -0.483 e. The van der Waals surface area contributed by atoms with Gasteiger partial charge in [-0.2, -0.15) is 0 Å². The first-order valence-corrected chi connectivity index (χ1v) is 11.7. The number of unbranched alkanes of at least 4 members (excludes halogenated alkanes) is 1. The summed E-state index contributed by atoms with van der Waals surface area (Å²) in [6.07, 6.45) is 2.25. The lowest BCUT2D eigenvalue weighted by Crippen LogP contribution is -2.43. The number of aromatic nitrogens is 2. The molecule has 0 unspecified atom stereocenters. The van der Waals surface area contributed by atoms with Gasteiger partial charge >= 0.3 is 5.69 Å². The normalized spacial score (nSPS) is 11.3. The summed E-state index contributed by atoms with van der Waals surface area (Å²) in [5.74, 6) is 0.884. The second kappa shape index (κ2) is 11.7. The van der Waals surface area contributed by atoms with Crippen LogP contribution in [0.2, 0.25) is 0 Å². The number of aromatic amines is 1. The third kappa shape index (κ3) is 6.73. The van der Waals surface area contributed by atoms with Crippen LogP contribution in [0.5, 0.6) is 5.75 Å². The Hall–Kier alpha value is -3.03. The maximum Gasteiger partial charge on any atom is 0.330 e. The van der Waals surface area contributed by atoms with Crippen LogP contribution in [0.25, 0.3) is 0 Å². The van der Waals surface area contributed by atoms with E-state index in [0.717, 1.165) is 24.0 Å². The van der Waals surface area contributed by atoms with Gasteiger partial charge in [-0.3, -0.25) is 19.1 Å². The second-order valence-electron chi connectivity index (χ2n) is 9.19. The van der Waals surface area contributed by atoms with Gasteiger partial charge < -0.3 is 15.4 Å². The zero-order valence-corrected chi connectivity index (χ0v) is 20.7. The summed E-state index contributed by atoms with van der Waals surface area (Å²) >= 11 is 0. The van der Waals surface area contributed by atoms with Crippen molar-refractivity contribution in [2.45, 2.75) is 73.3 Å². The van der Waals surface area contributed by atoms with Crippen LogP contribution in [0.1, 0.15) is 70.9 Å². The molecule has 0 saturated heterocycles. The van der Waals surface area contributed by atoms with E-state index in [1.807, 2.05) is 45.9 Å². The maximum absolute atomic E-state index is 13.3. The molecule has 0 bridgehead atoms. The zero-order valence-electron chi connectivity index (χ0n) is 20.7. The second-order valence-corrected chi connectivity index (χ2v) is 9.19. The average molecular weight is 459 g/mol. The maximum atomic E-state index is 13.3. The fraction of sp³-hybridized carbons (Fsp3) is 0.560. The van der Waals surface area contributed by atoms with E-state index >= 15 is 0 Å². The van der Waals surface area contributed by atoms with E-state index in [1.54, 1.807) is 0 Å². The molecule has 0 aliphatic heterocycles. The van der Waals surface area contributed by atoms with Crippen molar-refractivity contribution >= 4 is 17.4 Å². The number of anilines is 2. The van der Waals surface area contributed by atoms with E-state index in [-0.39, 0.29) is 24.0 Å². The largest absolute Gasteiger partial charge is 0.483 e. The molecule has 182 valence electrons. The lowest BCUT2D eigenvalue weighted by Gasteiger charge is -2.25. The number of nitrogens with zero attached hydrogens (tertiary/aromatic N) is 2. The number of rotatable bonds is 11. The highest BCUT2D eigenvalue weighted by molar-refractivity contribution is 5.96. The zero-order chi connectivity index (χ0) is 24.7. The third-order valence-electron chi connectivity index (χ3n) is 5.68. The Bertz CT molecular complexity index is 1070. The molecule has 0 aliphatic rings. The summed E-state index contributed by atoms with van der Waals surface area (Å²) in [4.78, 5) is 42.0. The summed E-state index contributed by atoms with van der Waals surface area (Å²) in [6.45, 7) is 12.6. The lowest BCUT2D eigenvalue weighted by atomic mass is 10.0. The quantitative estimate of drug-likeness (QED) is 0.532. The van der Waals surface area contributed by atoms with Gasteiger partial charge in [0.25, 0.3) is 11.5 Å². The molecule has 8 nitrogen and oxygen atoms in total. The highest BCUT2D eigenvalue weighted by Gasteiger charge is 2.25. The fourth-order valence-corrected chi connectivity index (χ4v) is 3.47. The molecule has 1 aromatic heterocycles. The Labute approximate surface area is 195 Å². The van der Waals surface area contributed by atoms with Gasteiger partial charge in [0.2, 0.25) is 0 Å². The molecule has 2 aromatic rings. The number of nitrogens with one attached hydrogen (secondary N) is 1. The Morgan fingerprint density at radius 2 is 1.91 bits per heavy atom. The molecule has 0 fully saturated rings. The van der Waals surface area contributed by atoms with Crippen molar-refractivity contribution in [3.63, 3.8) is 0 Å². The van der Waals surface area contributed by atoms with E-state index in [0.29, 0.717) is 37.1 Å². The van der Waals surface area contributed by atoms with E-state index < -0.39 is 11.2 Å². The van der Waals surface area contributed by atoms with E-state index in [1.165, 1.54) is 9.47 Å². The van der Waals surface area contributed by atoms with Crippen molar-refractivity contribution < 1.29 is 9.53 Å². The van der Waals surface area contributed by atoms with Gasteiger partial charge in [-0.15, -0.1) is 0 Å². The molecule has 0 spiro atoms. The van der Waals surface area contributed by atoms with Crippen molar-refractivity contribution in [3.05, 3.63) is 50.2 Å². The summed E-state index contributed by atoms with van der Waals surface area (Å²) in [6, 6.07) is 5.96. The molecular weight excluding hydrogens is 420 g/mol. The topological polar surface area (TPSA) is 110 Å². The number of H-pyrrole nitrogens is 1. The molecule has 0 saturated carbocycles. The number of amides is 1. The number of carbonyl (C=O) groups is 1. The molecule has 0 radical (unpaired) electrons. The number of hydrogen-bond donors (Lipinski definition) is 2. The Morgan fingerprint density at radius 1 is 1.21 bits per heavy atom. The molecule has 2 rings (SSSR count). The van der Waals surface area contributed by atoms with Crippen LogP contribution in [-0.4, -0.2) is 28.6 Å². The van der Waals surface area contributed by atoms with Gasteiger partial charge in [0.05, 0.1) is 0 Å². The highest BCUT2D eigenvalue weighted by atomic mass is 16.5. The van der Waals surface area contributed by atoms with Gasteiger partial charge in [-0.1, -0.05) is 53.2 Å². The van der Waals surface area contributed by atoms with Crippen LogP contribution in [0, 0.1) is 12.8 Å². The first kappa shape index (κ1) is 26.2. The van der Waals surface area contributed by atoms with Crippen molar-refractivity contribution in [1.29, 1.82) is 0 Å². The predicted octanol–water partition coefficient (Wildman–Crippen LogP) is 3.81. The number of nitrogens with two attached hydrogens (primary N) is 1. The summed E-state index contributed by atoms with van der Waals surface area (Å²) in [5.41, 5.74) is 7.07. The number of benzene rings is 1. The average Bonchev–Trinajstić information content (AvgIpc) is 2.74. The molecule has 1 heterocycles. The molecule has 1 aromatic carbocycles. The van der Waals surface area contributed by atoms with E-state index in [9.17, 15) is 14.4 Å². The number of ether oxygens (including phenoxy) is 1. The molecule has 0 atom stereocenters. The van der Waals surface area contributed by atoms with Gasteiger partial charge in [0, 0.05) is 13.1 Å². The van der Waals surface area contributed by atoms with Crippen molar-refractivity contribution in [2.75, 3.05) is 23.8 Å². The minimum absolute atomic E-state index is 0.00675. The summed E-state index contributed by atoms with van der Waals surface area (Å²) in [7, 11) is 0. The first-order valence-electron chi connectivity index (χ1n) is 11.7. The van der Waals surface area contributed by atoms with Crippen molar-refractivity contribution in [2.24, 2.45) is 5.92 Å². The molecule has 3 N–H and O–H groups in total. The van der Waals surface area contributed by atoms with Crippen LogP contribution in [0.4, 0.5) is 11.5 Å². The summed E-state index contributed by atoms with van der Waals surface area (Å²) in [5, 5.41) is 0. The molecule has 1 amide bonds. The number of aryl methyl sites for hydroxylation is 1. The van der Waals surface area contributed by atoms with Gasteiger partial charge in [-0.25, -0.2) is 4.79 Å². The number of hydrogen-bond acceptors (Lipinski definition) is 5. The van der Waals surface area contributed by atoms with Gasteiger partial charge in [-0.05, 0) is 48.8 Å². The predicted molar refractivity (Wildman–Crippen MR) is 133 cm³/mol. The van der Waals surface area contributed by atoms with Crippen molar-refractivity contribution in [3.8, 4) is 5.75 Å². The van der Waals surface area contributed by atoms with Gasteiger partial charge in [0.15, 0.2) is 12.3 Å². The van der Waals surface area contributed by atoms with Crippen molar-refractivity contribution in [1.82, 2.24) is 9.55 Å². The fourth-order valence-electron chi connectivity index (χ4n) is 3.47. The Kier molecular flexibility index (Phi) is 9.32. The Morgan fingerprint density at radius 3 is 2.52 bits per heavy atom. The molecular formula is C25H38N4O4. The first-order chi connectivity index (χ1) is 15.6.